The molecule has 1 aromatic carbocycles. The van der Waals surface area contributed by atoms with Gasteiger partial charge in [-0.15, -0.1) is 0 Å². The lowest BCUT2D eigenvalue weighted by Crippen LogP contribution is -2.22. The van der Waals surface area contributed by atoms with E-state index in [1.165, 1.54) is 0 Å². The molecule has 0 amide bonds. The van der Waals surface area contributed by atoms with Gasteiger partial charge in [-0.2, -0.15) is 0 Å². The minimum atomic E-state index is -0.228. The summed E-state index contributed by atoms with van der Waals surface area (Å²) < 4.78 is 0. The first kappa shape index (κ1) is 8.83. The Labute approximate surface area is 71.5 Å². The van der Waals surface area contributed by atoms with E-state index in [2.05, 4.69) is 0 Å². The maximum atomic E-state index is 5.70. The summed E-state index contributed by atoms with van der Waals surface area (Å²) in [4.78, 5) is 0. The van der Waals surface area contributed by atoms with Crippen LogP contribution in [0.3, 0.4) is 0 Å². The van der Waals surface area contributed by atoms with Gasteiger partial charge in [-0.1, -0.05) is 12.1 Å². The van der Waals surface area contributed by atoms with Crippen LogP contribution in [0.1, 0.15) is 11.6 Å². The largest absolute Gasteiger partial charge is 0.397 e. The molecule has 0 fully saturated rings. The predicted molar refractivity (Wildman–Crippen MR) is 51.2 cm³/mol. The summed E-state index contributed by atoms with van der Waals surface area (Å²) in [5, 5.41) is 0. The molecule has 1 rings (SSSR count). The second-order valence-electron chi connectivity index (χ2n) is 2.69. The molecule has 1 aromatic rings. The molecule has 66 valence electrons. The zero-order chi connectivity index (χ0) is 9.14. The minimum Gasteiger partial charge on any atom is -0.397 e. The lowest BCUT2D eigenvalue weighted by Gasteiger charge is -2.13. The number of hydrogen-bond donors (Lipinski definition) is 4. The van der Waals surface area contributed by atoms with Crippen LogP contribution in [0.2, 0.25) is 0 Å². The molecule has 0 heterocycles. The summed E-state index contributed by atoms with van der Waals surface area (Å²) in [5.74, 6) is 0. The Hall–Kier alpha value is -1.26. The van der Waals surface area contributed by atoms with Crippen LogP contribution in [0.15, 0.2) is 18.2 Å². The van der Waals surface area contributed by atoms with Crippen LogP contribution in [0.25, 0.3) is 0 Å². The third-order valence-corrected chi connectivity index (χ3v) is 1.83. The molecule has 4 nitrogen and oxygen atoms in total. The normalized spacial score (nSPS) is 12.8. The predicted octanol–water partition coefficient (Wildman–Crippen LogP) is -0.191. The SMILES string of the molecule is NC[C@@H](N)c1cccc(N)c1N. The van der Waals surface area contributed by atoms with Crippen molar-refractivity contribution in [1.29, 1.82) is 0 Å². The van der Waals surface area contributed by atoms with Gasteiger partial charge in [-0.05, 0) is 11.6 Å². The third kappa shape index (κ3) is 1.49. The van der Waals surface area contributed by atoms with Crippen molar-refractivity contribution in [1.82, 2.24) is 0 Å². The lowest BCUT2D eigenvalue weighted by atomic mass is 10.0. The van der Waals surface area contributed by atoms with Crippen LogP contribution in [0, 0.1) is 0 Å². The second-order valence-corrected chi connectivity index (χ2v) is 2.69. The molecule has 0 aromatic heterocycles. The number of rotatable bonds is 2. The molecular formula is C8H14N4. The Bertz CT molecular complexity index is 272. The fourth-order valence-electron chi connectivity index (χ4n) is 1.05. The second kappa shape index (κ2) is 3.42. The fourth-order valence-corrected chi connectivity index (χ4v) is 1.05. The van der Waals surface area contributed by atoms with E-state index in [-0.39, 0.29) is 6.04 Å². The third-order valence-electron chi connectivity index (χ3n) is 1.83. The van der Waals surface area contributed by atoms with E-state index in [0.29, 0.717) is 17.9 Å². The number of anilines is 2. The highest BCUT2D eigenvalue weighted by Gasteiger charge is 2.08. The van der Waals surface area contributed by atoms with Crippen molar-refractivity contribution >= 4 is 11.4 Å². The summed E-state index contributed by atoms with van der Waals surface area (Å²) >= 11 is 0. The number of nitrogens with two attached hydrogens (primary N) is 4. The molecule has 12 heavy (non-hydrogen) atoms. The highest BCUT2D eigenvalue weighted by Crippen LogP contribution is 2.23. The molecule has 8 N–H and O–H groups in total. The molecule has 0 radical (unpaired) electrons. The zero-order valence-corrected chi connectivity index (χ0v) is 6.83. The van der Waals surface area contributed by atoms with Crippen LogP contribution in [0.5, 0.6) is 0 Å². The van der Waals surface area contributed by atoms with Gasteiger partial charge in [0.2, 0.25) is 0 Å². The van der Waals surface area contributed by atoms with Crippen molar-refractivity contribution in [3.63, 3.8) is 0 Å². The molecule has 0 bridgehead atoms. The highest BCUT2D eigenvalue weighted by atomic mass is 14.7. The Morgan fingerprint density at radius 1 is 1.25 bits per heavy atom. The molecule has 1 atom stereocenters. The zero-order valence-electron chi connectivity index (χ0n) is 6.83. The van der Waals surface area contributed by atoms with Crippen LogP contribution < -0.4 is 22.9 Å². The van der Waals surface area contributed by atoms with E-state index < -0.39 is 0 Å². The average molecular weight is 166 g/mol. The van der Waals surface area contributed by atoms with E-state index in [1.54, 1.807) is 6.07 Å². The number of nitrogen functional groups attached to an aromatic ring is 2. The van der Waals surface area contributed by atoms with Crippen molar-refractivity contribution in [2.45, 2.75) is 6.04 Å². The van der Waals surface area contributed by atoms with Gasteiger partial charge >= 0.3 is 0 Å². The first-order valence-corrected chi connectivity index (χ1v) is 3.76. The first-order chi connectivity index (χ1) is 5.66. The molecule has 0 aliphatic carbocycles. The Morgan fingerprint density at radius 3 is 2.50 bits per heavy atom. The summed E-state index contributed by atoms with van der Waals surface area (Å²) in [6.07, 6.45) is 0. The van der Waals surface area contributed by atoms with Gasteiger partial charge in [-0.3, -0.25) is 0 Å². The van der Waals surface area contributed by atoms with E-state index in [1.807, 2.05) is 12.1 Å². The van der Waals surface area contributed by atoms with Gasteiger partial charge in [0, 0.05) is 12.6 Å². The van der Waals surface area contributed by atoms with Gasteiger partial charge in [0.05, 0.1) is 11.4 Å². The molecule has 0 aliphatic rings. The molecular weight excluding hydrogens is 152 g/mol. The molecule has 0 saturated carbocycles. The van der Waals surface area contributed by atoms with E-state index in [9.17, 15) is 0 Å². The van der Waals surface area contributed by atoms with Crippen molar-refractivity contribution in [3.8, 4) is 0 Å². The van der Waals surface area contributed by atoms with Crippen LogP contribution >= 0.6 is 0 Å². The number of benzene rings is 1. The van der Waals surface area contributed by atoms with Gasteiger partial charge < -0.3 is 22.9 Å². The monoisotopic (exact) mass is 166 g/mol. The maximum absolute atomic E-state index is 5.70. The summed E-state index contributed by atoms with van der Waals surface area (Å²) in [5.41, 5.74) is 24.3. The standard InChI is InChI=1S/C8H14N4/c9-4-7(11)5-2-1-3-6(10)8(5)12/h1-3,7H,4,9-12H2/t7-/m1/s1. The maximum Gasteiger partial charge on any atom is 0.0596 e. The topological polar surface area (TPSA) is 104 Å². The minimum absolute atomic E-state index is 0.228. The van der Waals surface area contributed by atoms with E-state index in [4.69, 9.17) is 22.9 Å². The number of hydrogen-bond acceptors (Lipinski definition) is 4. The summed E-state index contributed by atoms with van der Waals surface area (Å²) in [7, 11) is 0. The number of para-hydroxylation sites is 1. The smallest absolute Gasteiger partial charge is 0.0596 e. The van der Waals surface area contributed by atoms with Crippen molar-refractivity contribution in [3.05, 3.63) is 23.8 Å². The van der Waals surface area contributed by atoms with Crippen LogP contribution in [-0.4, -0.2) is 6.54 Å². The summed E-state index contributed by atoms with van der Waals surface area (Å²) in [6.45, 7) is 0.369. The van der Waals surface area contributed by atoms with Gasteiger partial charge in [0.15, 0.2) is 0 Å². The first-order valence-electron chi connectivity index (χ1n) is 3.76. The van der Waals surface area contributed by atoms with Gasteiger partial charge in [-0.25, -0.2) is 0 Å². The van der Waals surface area contributed by atoms with Crippen LogP contribution in [0.4, 0.5) is 11.4 Å². The van der Waals surface area contributed by atoms with E-state index in [0.717, 1.165) is 5.56 Å². The molecule has 0 aliphatic heterocycles. The summed E-state index contributed by atoms with van der Waals surface area (Å²) in [6, 6.07) is 5.16. The Kier molecular flexibility index (Phi) is 2.52. The molecule has 4 heteroatoms. The van der Waals surface area contributed by atoms with Crippen molar-refractivity contribution in [2.75, 3.05) is 18.0 Å². The highest BCUT2D eigenvalue weighted by molar-refractivity contribution is 5.67. The molecule has 0 saturated heterocycles. The van der Waals surface area contributed by atoms with Gasteiger partial charge in [0.1, 0.15) is 0 Å². The quantitative estimate of drug-likeness (QED) is 0.457. The molecule has 0 unspecified atom stereocenters. The van der Waals surface area contributed by atoms with Gasteiger partial charge in [0.25, 0.3) is 0 Å². The Morgan fingerprint density at radius 2 is 1.92 bits per heavy atom. The lowest BCUT2D eigenvalue weighted by molar-refractivity contribution is 0.740. The Balaban J connectivity index is 3.07. The molecule has 0 spiro atoms. The van der Waals surface area contributed by atoms with E-state index >= 15 is 0 Å². The fraction of sp³-hybridized carbons (Fsp3) is 0.250. The van der Waals surface area contributed by atoms with Crippen molar-refractivity contribution < 1.29 is 0 Å². The van der Waals surface area contributed by atoms with Crippen molar-refractivity contribution in [2.24, 2.45) is 11.5 Å². The average Bonchev–Trinajstić information content (AvgIpc) is 2.08. The van der Waals surface area contributed by atoms with Crippen LogP contribution in [-0.2, 0) is 0 Å².